The molecule has 21 heavy (non-hydrogen) atoms. The first-order chi connectivity index (χ1) is 9.76. The molecular weight excluding hydrogens is 296 g/mol. The van der Waals surface area contributed by atoms with Crippen LogP contribution < -0.4 is 10.5 Å². The Morgan fingerprint density at radius 2 is 1.86 bits per heavy atom. The molecule has 0 heterocycles. The molecule has 1 atom stereocenters. The fraction of sp³-hybridized carbons (Fsp3) is 0.385. The zero-order valence-electron chi connectivity index (χ0n) is 11.8. The molecule has 1 aromatic rings. The first-order valence-corrected chi connectivity index (χ1v) is 7.82. The molecule has 0 saturated heterocycles. The number of esters is 1. The number of hydrogen-bond donors (Lipinski definition) is 2. The molecule has 0 saturated carbocycles. The molecule has 0 spiro atoms. The number of benzene rings is 1. The van der Waals surface area contributed by atoms with E-state index in [4.69, 9.17) is 5.73 Å². The van der Waals surface area contributed by atoms with Crippen molar-refractivity contribution in [3.8, 4) is 0 Å². The lowest BCUT2D eigenvalue weighted by Crippen LogP contribution is -2.32. The Labute approximate surface area is 123 Å². The Kier molecular flexibility index (Phi) is 5.86. The van der Waals surface area contributed by atoms with Crippen LogP contribution in [0.2, 0.25) is 0 Å². The normalized spacial score (nSPS) is 12.7. The van der Waals surface area contributed by atoms with Crippen molar-refractivity contribution < 1.29 is 22.7 Å². The monoisotopic (exact) mass is 314 g/mol. The van der Waals surface area contributed by atoms with E-state index in [9.17, 15) is 18.0 Å². The summed E-state index contributed by atoms with van der Waals surface area (Å²) >= 11 is 0. The Bertz CT molecular complexity index is 610. The molecule has 0 aliphatic rings. The molecule has 0 unspecified atom stereocenters. The van der Waals surface area contributed by atoms with Gasteiger partial charge in [0, 0.05) is 6.04 Å². The molecular formula is C13H18N2O5S. The first-order valence-electron chi connectivity index (χ1n) is 6.34. The average Bonchev–Trinajstić information content (AvgIpc) is 2.44. The van der Waals surface area contributed by atoms with Crippen LogP contribution in [-0.2, 0) is 19.6 Å². The maximum atomic E-state index is 12.0. The summed E-state index contributed by atoms with van der Waals surface area (Å²) < 4.78 is 31.1. The first kappa shape index (κ1) is 17.1. The molecule has 0 aliphatic carbocycles. The van der Waals surface area contributed by atoms with Gasteiger partial charge >= 0.3 is 5.97 Å². The standard InChI is InChI=1S/C13H18N2O5S/c1-3-9(2)15-21(18,19)11-6-4-10(5-7-11)13(17)20-8-12(14)16/h4-7,9,15H,3,8H2,1-2H3,(H2,14,16)/t9-/m1/s1. The molecule has 3 N–H and O–H groups in total. The highest BCUT2D eigenvalue weighted by Crippen LogP contribution is 2.12. The number of nitrogens with one attached hydrogen (secondary N) is 1. The zero-order valence-corrected chi connectivity index (χ0v) is 12.6. The van der Waals surface area contributed by atoms with Gasteiger partial charge in [-0.1, -0.05) is 6.92 Å². The van der Waals surface area contributed by atoms with Crippen LogP contribution >= 0.6 is 0 Å². The van der Waals surface area contributed by atoms with Crippen molar-refractivity contribution in [2.75, 3.05) is 6.61 Å². The Balaban J connectivity index is 2.82. The van der Waals surface area contributed by atoms with E-state index in [1.54, 1.807) is 6.92 Å². The van der Waals surface area contributed by atoms with E-state index in [1.165, 1.54) is 24.3 Å². The van der Waals surface area contributed by atoms with Crippen molar-refractivity contribution in [2.45, 2.75) is 31.2 Å². The number of rotatable bonds is 7. The van der Waals surface area contributed by atoms with Crippen LogP contribution in [0.25, 0.3) is 0 Å². The number of primary amides is 1. The minimum absolute atomic E-state index is 0.0502. The Morgan fingerprint density at radius 3 is 2.33 bits per heavy atom. The smallest absolute Gasteiger partial charge is 0.338 e. The Hall–Kier alpha value is -1.93. The van der Waals surface area contributed by atoms with Gasteiger partial charge in [-0.3, -0.25) is 4.79 Å². The summed E-state index contributed by atoms with van der Waals surface area (Å²) in [6.45, 7) is 3.10. The number of ether oxygens (including phenoxy) is 1. The minimum Gasteiger partial charge on any atom is -0.452 e. The largest absolute Gasteiger partial charge is 0.452 e. The molecule has 8 heteroatoms. The fourth-order valence-corrected chi connectivity index (χ4v) is 2.73. The predicted octanol–water partition coefficient (Wildman–Crippen LogP) is 0.405. The van der Waals surface area contributed by atoms with Gasteiger partial charge in [0.05, 0.1) is 10.5 Å². The molecule has 1 rings (SSSR count). The number of carbonyl (C=O) groups is 2. The number of sulfonamides is 1. The molecule has 0 aliphatic heterocycles. The highest BCUT2D eigenvalue weighted by atomic mass is 32.2. The van der Waals surface area contributed by atoms with Gasteiger partial charge in [-0.15, -0.1) is 0 Å². The van der Waals surface area contributed by atoms with E-state index < -0.39 is 28.5 Å². The summed E-state index contributed by atoms with van der Waals surface area (Å²) in [6, 6.07) is 5.04. The topological polar surface area (TPSA) is 116 Å². The molecule has 0 bridgehead atoms. The van der Waals surface area contributed by atoms with Gasteiger partial charge < -0.3 is 10.5 Å². The maximum Gasteiger partial charge on any atom is 0.338 e. The van der Waals surface area contributed by atoms with Crippen molar-refractivity contribution in [2.24, 2.45) is 5.73 Å². The van der Waals surface area contributed by atoms with E-state index in [0.29, 0.717) is 6.42 Å². The SMILES string of the molecule is CC[C@@H](C)NS(=O)(=O)c1ccc(C(=O)OCC(N)=O)cc1. The van der Waals surface area contributed by atoms with Crippen LogP contribution in [0.4, 0.5) is 0 Å². The molecule has 1 amide bonds. The third kappa shape index (κ3) is 5.16. The van der Waals surface area contributed by atoms with Gasteiger partial charge in [-0.05, 0) is 37.6 Å². The van der Waals surface area contributed by atoms with Crippen molar-refractivity contribution >= 4 is 21.9 Å². The van der Waals surface area contributed by atoms with Crippen molar-refractivity contribution in [1.82, 2.24) is 4.72 Å². The number of amides is 1. The van der Waals surface area contributed by atoms with Crippen molar-refractivity contribution in [1.29, 1.82) is 0 Å². The summed E-state index contributed by atoms with van der Waals surface area (Å²) in [4.78, 5) is 22.1. The summed E-state index contributed by atoms with van der Waals surface area (Å²) in [5, 5.41) is 0. The quantitative estimate of drug-likeness (QED) is 0.707. The van der Waals surface area contributed by atoms with Gasteiger partial charge in [-0.2, -0.15) is 0 Å². The Morgan fingerprint density at radius 1 is 1.29 bits per heavy atom. The third-order valence-corrected chi connectivity index (χ3v) is 4.32. The van der Waals surface area contributed by atoms with E-state index in [2.05, 4.69) is 9.46 Å². The lowest BCUT2D eigenvalue weighted by Gasteiger charge is -2.12. The number of hydrogen-bond acceptors (Lipinski definition) is 5. The van der Waals surface area contributed by atoms with Gasteiger partial charge in [0.15, 0.2) is 6.61 Å². The van der Waals surface area contributed by atoms with Crippen molar-refractivity contribution in [3.63, 3.8) is 0 Å². The highest BCUT2D eigenvalue weighted by Gasteiger charge is 2.17. The highest BCUT2D eigenvalue weighted by molar-refractivity contribution is 7.89. The summed E-state index contributed by atoms with van der Waals surface area (Å²) in [5.74, 6) is -1.51. The van der Waals surface area contributed by atoms with E-state index in [-0.39, 0.29) is 16.5 Å². The number of nitrogens with two attached hydrogens (primary N) is 1. The number of carbonyl (C=O) groups excluding carboxylic acids is 2. The molecule has 116 valence electrons. The van der Waals surface area contributed by atoms with Crippen LogP contribution in [0.15, 0.2) is 29.2 Å². The van der Waals surface area contributed by atoms with Gasteiger partial charge in [0.2, 0.25) is 10.0 Å². The summed E-state index contributed by atoms with van der Waals surface area (Å²) in [7, 11) is -3.62. The van der Waals surface area contributed by atoms with E-state index >= 15 is 0 Å². The summed E-state index contributed by atoms with van der Waals surface area (Å²) in [5.41, 5.74) is 4.99. The minimum atomic E-state index is -3.62. The molecule has 0 aromatic heterocycles. The second-order valence-electron chi connectivity index (χ2n) is 4.50. The lowest BCUT2D eigenvalue weighted by molar-refractivity contribution is -0.121. The zero-order chi connectivity index (χ0) is 16.0. The molecule has 0 fully saturated rings. The van der Waals surface area contributed by atoms with Crippen LogP contribution in [-0.4, -0.2) is 32.9 Å². The van der Waals surface area contributed by atoms with Gasteiger partial charge in [0.25, 0.3) is 5.91 Å². The second kappa shape index (κ2) is 7.19. The lowest BCUT2D eigenvalue weighted by atomic mass is 10.2. The predicted molar refractivity (Wildman–Crippen MR) is 76.0 cm³/mol. The van der Waals surface area contributed by atoms with Crippen LogP contribution in [0.5, 0.6) is 0 Å². The van der Waals surface area contributed by atoms with Crippen LogP contribution in [0.3, 0.4) is 0 Å². The van der Waals surface area contributed by atoms with Crippen LogP contribution in [0, 0.1) is 0 Å². The third-order valence-electron chi connectivity index (χ3n) is 2.71. The van der Waals surface area contributed by atoms with Gasteiger partial charge in [0.1, 0.15) is 0 Å². The second-order valence-corrected chi connectivity index (χ2v) is 6.21. The van der Waals surface area contributed by atoms with E-state index in [1.807, 2.05) is 6.92 Å². The van der Waals surface area contributed by atoms with Crippen molar-refractivity contribution in [3.05, 3.63) is 29.8 Å². The van der Waals surface area contributed by atoms with Gasteiger partial charge in [-0.25, -0.2) is 17.9 Å². The molecule has 0 radical (unpaired) electrons. The maximum absolute atomic E-state index is 12.0. The fourth-order valence-electron chi connectivity index (χ4n) is 1.41. The van der Waals surface area contributed by atoms with Crippen LogP contribution in [0.1, 0.15) is 30.6 Å². The van der Waals surface area contributed by atoms with E-state index in [0.717, 1.165) is 0 Å². The average molecular weight is 314 g/mol. The summed E-state index contributed by atoms with van der Waals surface area (Å²) in [6.07, 6.45) is 0.663. The molecule has 7 nitrogen and oxygen atoms in total. The molecule has 1 aromatic carbocycles.